The lowest BCUT2D eigenvalue weighted by molar-refractivity contribution is -0.142. The van der Waals surface area contributed by atoms with Gasteiger partial charge in [-0.1, -0.05) is 0 Å². The summed E-state index contributed by atoms with van der Waals surface area (Å²) in [7, 11) is 0. The molecular weight excluding hydrogens is 470 g/mol. The second-order valence-electron chi connectivity index (χ2n) is 7.54. The molecule has 0 aliphatic carbocycles. The maximum atomic E-state index is 12.8. The summed E-state index contributed by atoms with van der Waals surface area (Å²) in [5.74, 6) is -5.08. The Kier molecular flexibility index (Phi) is 15.2. The number of aliphatic carboxylic acids is 1. The van der Waals surface area contributed by atoms with Crippen molar-refractivity contribution in [3.63, 3.8) is 0 Å². The van der Waals surface area contributed by atoms with Crippen molar-refractivity contribution < 1.29 is 33.9 Å². The van der Waals surface area contributed by atoms with Crippen LogP contribution in [0.15, 0.2) is 0 Å². The molecule has 12 N–H and O–H groups in total. The molecule has 0 bridgehead atoms. The number of nitrogens with one attached hydrogen (secondary N) is 3. The minimum atomic E-state index is -1.49. The maximum Gasteiger partial charge on any atom is 0.326 e. The summed E-state index contributed by atoms with van der Waals surface area (Å²) in [5.41, 5.74) is 21.2. The van der Waals surface area contributed by atoms with Gasteiger partial charge in [-0.15, -0.1) is 0 Å². The summed E-state index contributed by atoms with van der Waals surface area (Å²) in [4.78, 5) is 71.6. The quantitative estimate of drug-likeness (QED) is 0.0851. The van der Waals surface area contributed by atoms with Crippen molar-refractivity contribution in [2.75, 3.05) is 18.6 Å². The fourth-order valence-corrected chi connectivity index (χ4v) is 3.27. The fourth-order valence-electron chi connectivity index (χ4n) is 2.80. The average molecular weight is 506 g/mol. The van der Waals surface area contributed by atoms with Crippen LogP contribution in [0.4, 0.5) is 0 Å². The van der Waals surface area contributed by atoms with E-state index in [-0.39, 0.29) is 12.8 Å². The number of carboxylic acid groups (broad SMARTS) is 1. The van der Waals surface area contributed by atoms with Crippen LogP contribution in [0.25, 0.3) is 0 Å². The number of amides is 5. The molecule has 15 heteroatoms. The van der Waals surface area contributed by atoms with Gasteiger partial charge in [0.25, 0.3) is 0 Å². The molecule has 0 aromatic carbocycles. The van der Waals surface area contributed by atoms with E-state index in [1.807, 2.05) is 0 Å². The molecule has 0 spiro atoms. The smallest absolute Gasteiger partial charge is 0.326 e. The fraction of sp³-hybridized carbons (Fsp3) is 0.684. The molecule has 0 aromatic rings. The molecule has 0 aliphatic heterocycles. The zero-order chi connectivity index (χ0) is 26.3. The number of thioether (sulfide) groups is 1. The lowest BCUT2D eigenvalue weighted by Crippen LogP contribution is -2.58. The Morgan fingerprint density at radius 1 is 0.794 bits per heavy atom. The molecule has 0 radical (unpaired) electrons. The molecule has 4 atom stereocenters. The molecule has 194 valence electrons. The molecule has 0 saturated heterocycles. The molecule has 14 nitrogen and oxygen atoms in total. The number of nitrogens with two attached hydrogens (primary N) is 4. The number of carboxylic acids is 1. The van der Waals surface area contributed by atoms with Crippen molar-refractivity contribution in [3.8, 4) is 0 Å². The van der Waals surface area contributed by atoms with Gasteiger partial charge in [-0.2, -0.15) is 11.8 Å². The van der Waals surface area contributed by atoms with Crippen molar-refractivity contribution >= 4 is 47.3 Å². The third-order valence-electron chi connectivity index (χ3n) is 4.60. The first-order valence-corrected chi connectivity index (χ1v) is 12.0. The zero-order valence-electron chi connectivity index (χ0n) is 19.1. The Balaban J connectivity index is 5.50. The Morgan fingerprint density at radius 3 is 1.82 bits per heavy atom. The monoisotopic (exact) mass is 505 g/mol. The predicted octanol–water partition coefficient (Wildman–Crippen LogP) is -3.51. The lowest BCUT2D eigenvalue weighted by atomic mass is 10.1. The highest BCUT2D eigenvalue weighted by Crippen LogP contribution is 2.06. The summed E-state index contributed by atoms with van der Waals surface area (Å²) in [6.07, 6.45) is 1.97. The van der Waals surface area contributed by atoms with Crippen LogP contribution in [-0.2, 0) is 28.8 Å². The SMILES string of the molecule is CSCCC(NC(=O)C(CCCCN)NC(=O)C(CC(N)=O)NC(=O)C(N)CC(N)=O)C(=O)O. The van der Waals surface area contributed by atoms with Gasteiger partial charge in [-0.25, -0.2) is 4.79 Å². The van der Waals surface area contributed by atoms with Gasteiger partial charge < -0.3 is 44.0 Å². The van der Waals surface area contributed by atoms with Gasteiger partial charge in [-0.05, 0) is 44.2 Å². The molecule has 34 heavy (non-hydrogen) atoms. The van der Waals surface area contributed by atoms with E-state index in [2.05, 4.69) is 16.0 Å². The first kappa shape index (κ1) is 31.1. The minimum Gasteiger partial charge on any atom is -0.480 e. The molecule has 5 amide bonds. The highest BCUT2D eigenvalue weighted by atomic mass is 32.2. The highest BCUT2D eigenvalue weighted by Gasteiger charge is 2.31. The third kappa shape index (κ3) is 13.0. The van der Waals surface area contributed by atoms with Gasteiger partial charge in [0.05, 0.1) is 18.9 Å². The number of unbranched alkanes of at least 4 members (excludes halogenated alkanes) is 1. The van der Waals surface area contributed by atoms with Gasteiger partial charge in [0.15, 0.2) is 0 Å². The Bertz CT molecular complexity index is 738. The summed E-state index contributed by atoms with van der Waals surface area (Å²) in [6, 6.07) is -5.18. The molecule has 0 aliphatic rings. The van der Waals surface area contributed by atoms with Crippen molar-refractivity contribution in [2.45, 2.75) is 62.7 Å². The highest BCUT2D eigenvalue weighted by molar-refractivity contribution is 7.98. The molecule has 0 fully saturated rings. The summed E-state index contributed by atoms with van der Waals surface area (Å²) in [6.45, 7) is 0.339. The van der Waals surface area contributed by atoms with E-state index in [0.29, 0.717) is 25.1 Å². The van der Waals surface area contributed by atoms with E-state index in [1.165, 1.54) is 11.8 Å². The van der Waals surface area contributed by atoms with Crippen LogP contribution in [0.3, 0.4) is 0 Å². The van der Waals surface area contributed by atoms with Gasteiger partial charge in [0, 0.05) is 0 Å². The number of hydrogen-bond donors (Lipinski definition) is 8. The second-order valence-corrected chi connectivity index (χ2v) is 8.52. The standard InChI is InChI=1S/C19H35N7O7S/c1-34-7-5-12(19(32)33)25-17(30)11(4-2-3-6-20)24-18(31)13(9-15(23)28)26-16(29)10(21)8-14(22)27/h10-13H,2-9,20-21H2,1H3,(H2,22,27)(H2,23,28)(H,24,31)(H,25,30)(H,26,29)(H,32,33). The van der Waals surface area contributed by atoms with Crippen molar-refractivity contribution in [1.82, 2.24) is 16.0 Å². The summed E-state index contributed by atoms with van der Waals surface area (Å²) < 4.78 is 0. The van der Waals surface area contributed by atoms with Crippen LogP contribution in [0.1, 0.15) is 38.5 Å². The first-order valence-electron chi connectivity index (χ1n) is 10.6. The molecule has 0 saturated carbocycles. The van der Waals surface area contributed by atoms with Gasteiger partial charge in [0.2, 0.25) is 29.5 Å². The van der Waals surface area contributed by atoms with E-state index in [9.17, 15) is 33.9 Å². The molecule has 0 heterocycles. The number of carbonyl (C=O) groups excluding carboxylic acids is 5. The first-order chi connectivity index (χ1) is 15.9. The van der Waals surface area contributed by atoms with E-state index in [1.54, 1.807) is 6.26 Å². The third-order valence-corrected chi connectivity index (χ3v) is 5.25. The maximum absolute atomic E-state index is 12.8. The average Bonchev–Trinajstić information content (AvgIpc) is 2.74. The largest absolute Gasteiger partial charge is 0.480 e. The Labute approximate surface area is 201 Å². The summed E-state index contributed by atoms with van der Waals surface area (Å²) >= 11 is 1.41. The van der Waals surface area contributed by atoms with Crippen molar-refractivity contribution in [2.24, 2.45) is 22.9 Å². The van der Waals surface area contributed by atoms with Crippen molar-refractivity contribution in [1.29, 1.82) is 0 Å². The van der Waals surface area contributed by atoms with Crippen LogP contribution >= 0.6 is 11.8 Å². The van der Waals surface area contributed by atoms with Crippen LogP contribution in [0.5, 0.6) is 0 Å². The van der Waals surface area contributed by atoms with Crippen LogP contribution < -0.4 is 38.9 Å². The summed E-state index contributed by atoms with van der Waals surface area (Å²) in [5, 5.41) is 16.4. The normalized spacial score (nSPS) is 14.2. The van der Waals surface area contributed by atoms with E-state index < -0.39 is 72.5 Å². The van der Waals surface area contributed by atoms with Crippen molar-refractivity contribution in [3.05, 3.63) is 0 Å². The van der Waals surface area contributed by atoms with E-state index in [4.69, 9.17) is 22.9 Å². The number of hydrogen-bond acceptors (Lipinski definition) is 9. The lowest BCUT2D eigenvalue weighted by Gasteiger charge is -2.24. The number of primary amides is 2. The Hall–Kier alpha value is -2.91. The molecule has 0 rings (SSSR count). The van der Waals surface area contributed by atoms with Gasteiger partial charge in [-0.3, -0.25) is 24.0 Å². The zero-order valence-corrected chi connectivity index (χ0v) is 19.9. The number of carbonyl (C=O) groups is 6. The van der Waals surface area contributed by atoms with Gasteiger partial charge >= 0.3 is 5.97 Å². The second kappa shape index (κ2) is 16.7. The minimum absolute atomic E-state index is 0.127. The van der Waals surface area contributed by atoms with Gasteiger partial charge in [0.1, 0.15) is 18.1 Å². The molecule has 4 unspecified atom stereocenters. The van der Waals surface area contributed by atoms with E-state index >= 15 is 0 Å². The molecular formula is C19H35N7O7S. The number of rotatable bonds is 18. The van der Waals surface area contributed by atoms with E-state index in [0.717, 1.165) is 0 Å². The topological polar surface area (TPSA) is 263 Å². The van der Waals surface area contributed by atoms with Crippen LogP contribution in [0.2, 0.25) is 0 Å². The molecule has 0 aromatic heterocycles. The van der Waals surface area contributed by atoms with Crippen LogP contribution in [-0.4, -0.2) is 83.3 Å². The predicted molar refractivity (Wildman–Crippen MR) is 125 cm³/mol. The Morgan fingerprint density at radius 2 is 1.32 bits per heavy atom. The van der Waals surface area contributed by atoms with Crippen LogP contribution in [0, 0.1) is 0 Å².